The van der Waals surface area contributed by atoms with E-state index in [0.717, 1.165) is 41.9 Å². The predicted octanol–water partition coefficient (Wildman–Crippen LogP) is 7.87. The molecule has 3 heterocycles. The van der Waals surface area contributed by atoms with Crippen LogP contribution in [0.5, 0.6) is 0 Å². The number of amides is 1. The second kappa shape index (κ2) is 11.8. The Labute approximate surface area is 246 Å². The molecular formula is C35H50N4O2. The van der Waals surface area contributed by atoms with Crippen molar-refractivity contribution >= 4 is 5.91 Å². The van der Waals surface area contributed by atoms with Gasteiger partial charge in [0.1, 0.15) is 0 Å². The molecule has 0 spiro atoms. The van der Waals surface area contributed by atoms with Crippen molar-refractivity contribution in [1.29, 1.82) is 0 Å². The number of benzene rings is 1. The van der Waals surface area contributed by atoms with Crippen LogP contribution in [-0.2, 0) is 22.2 Å². The van der Waals surface area contributed by atoms with Gasteiger partial charge in [-0.05, 0) is 93.5 Å². The quantitative estimate of drug-likeness (QED) is 0.335. The molecule has 1 aromatic carbocycles. The van der Waals surface area contributed by atoms with Crippen molar-refractivity contribution in [2.45, 2.75) is 117 Å². The molecule has 1 N–H and O–H groups in total. The van der Waals surface area contributed by atoms with E-state index in [1.54, 1.807) is 0 Å². The van der Waals surface area contributed by atoms with Gasteiger partial charge in [-0.25, -0.2) is 0 Å². The van der Waals surface area contributed by atoms with Gasteiger partial charge in [-0.2, -0.15) is 5.10 Å². The second-order valence-electron chi connectivity index (χ2n) is 14.4. The summed E-state index contributed by atoms with van der Waals surface area (Å²) in [6, 6.07) is 9.18. The first-order valence-electron chi connectivity index (χ1n) is 15.7. The van der Waals surface area contributed by atoms with Gasteiger partial charge >= 0.3 is 0 Å². The Morgan fingerprint density at radius 1 is 0.976 bits per heavy atom. The molecule has 1 saturated heterocycles. The fourth-order valence-corrected chi connectivity index (χ4v) is 6.49. The summed E-state index contributed by atoms with van der Waals surface area (Å²) in [6.45, 7) is 17.9. The summed E-state index contributed by atoms with van der Waals surface area (Å²) in [5.41, 5.74) is 7.71. The van der Waals surface area contributed by atoms with Crippen molar-refractivity contribution in [2.24, 2.45) is 5.92 Å². The van der Waals surface area contributed by atoms with Crippen molar-refractivity contribution in [2.75, 3.05) is 13.2 Å². The number of rotatable bonds is 6. The van der Waals surface area contributed by atoms with Crippen LogP contribution >= 0.6 is 0 Å². The minimum atomic E-state index is -0.0703. The number of ether oxygens (including phenoxy) is 1. The minimum absolute atomic E-state index is 0.0419. The van der Waals surface area contributed by atoms with E-state index in [2.05, 4.69) is 93.9 Å². The van der Waals surface area contributed by atoms with E-state index in [0.29, 0.717) is 19.1 Å². The summed E-state index contributed by atoms with van der Waals surface area (Å²) in [5.74, 6) is 0.699. The molecule has 1 amide bonds. The summed E-state index contributed by atoms with van der Waals surface area (Å²) in [7, 11) is 0. The highest BCUT2D eigenvalue weighted by Crippen LogP contribution is 2.38. The van der Waals surface area contributed by atoms with Crippen LogP contribution in [0.25, 0.3) is 22.4 Å². The van der Waals surface area contributed by atoms with Crippen molar-refractivity contribution in [3.63, 3.8) is 0 Å². The predicted molar refractivity (Wildman–Crippen MR) is 167 cm³/mol. The van der Waals surface area contributed by atoms with Crippen LogP contribution in [0, 0.1) is 12.8 Å². The smallest absolute Gasteiger partial charge is 0.253 e. The van der Waals surface area contributed by atoms with Gasteiger partial charge in [-0.3, -0.25) is 9.48 Å². The molecule has 0 bridgehead atoms. The van der Waals surface area contributed by atoms with E-state index in [1.165, 1.54) is 48.8 Å². The van der Waals surface area contributed by atoms with Crippen LogP contribution in [0.15, 0.2) is 36.7 Å². The Morgan fingerprint density at radius 2 is 1.68 bits per heavy atom. The van der Waals surface area contributed by atoms with Crippen molar-refractivity contribution < 1.29 is 9.53 Å². The molecule has 2 fully saturated rings. The van der Waals surface area contributed by atoms with Gasteiger partial charge in [-0.1, -0.05) is 52.2 Å². The molecular weight excluding hydrogens is 508 g/mol. The van der Waals surface area contributed by atoms with Gasteiger partial charge in [0.15, 0.2) is 0 Å². The van der Waals surface area contributed by atoms with Crippen LogP contribution in [0.1, 0.15) is 108 Å². The molecule has 0 unspecified atom stereocenters. The largest absolute Gasteiger partial charge is 0.381 e. The maximum atomic E-state index is 13.6. The molecule has 1 aliphatic carbocycles. The Hall–Kier alpha value is -2.86. The summed E-state index contributed by atoms with van der Waals surface area (Å²) >= 11 is 0. The van der Waals surface area contributed by atoms with Crippen molar-refractivity contribution in [3.05, 3.63) is 53.5 Å². The van der Waals surface area contributed by atoms with E-state index < -0.39 is 0 Å². The highest BCUT2D eigenvalue weighted by atomic mass is 16.5. The van der Waals surface area contributed by atoms with Gasteiger partial charge in [-0.15, -0.1) is 0 Å². The zero-order chi connectivity index (χ0) is 29.4. The third kappa shape index (κ3) is 6.63. The highest BCUT2D eigenvalue weighted by Gasteiger charge is 2.27. The molecule has 0 radical (unpaired) electrons. The Bertz CT molecular complexity index is 1360. The number of aromatic nitrogens is 3. The van der Waals surface area contributed by atoms with Crippen LogP contribution in [0.3, 0.4) is 0 Å². The van der Waals surface area contributed by atoms with Gasteiger partial charge < -0.3 is 14.6 Å². The van der Waals surface area contributed by atoms with Gasteiger partial charge in [0.05, 0.1) is 17.3 Å². The van der Waals surface area contributed by atoms with Gasteiger partial charge in [0.2, 0.25) is 0 Å². The first kappa shape index (κ1) is 29.6. The molecule has 41 heavy (non-hydrogen) atoms. The normalized spacial score (nSPS) is 17.6. The van der Waals surface area contributed by atoms with Crippen molar-refractivity contribution in [3.8, 4) is 22.4 Å². The molecule has 0 atom stereocenters. The lowest BCUT2D eigenvalue weighted by Gasteiger charge is -2.26. The van der Waals surface area contributed by atoms with Crippen molar-refractivity contribution in [1.82, 2.24) is 19.7 Å². The molecule has 2 aliphatic rings. The lowest BCUT2D eigenvalue weighted by Crippen LogP contribution is -2.39. The summed E-state index contributed by atoms with van der Waals surface area (Å²) < 4.78 is 10.00. The third-order valence-electron chi connectivity index (χ3n) is 9.04. The lowest BCUT2D eigenvalue weighted by molar-refractivity contribution is 0.0696. The average Bonchev–Trinajstić information content (AvgIpc) is 3.55. The average molecular weight is 559 g/mol. The van der Waals surface area contributed by atoms with Gasteiger partial charge in [0.25, 0.3) is 5.91 Å². The zero-order valence-corrected chi connectivity index (χ0v) is 26.3. The molecule has 6 nitrogen and oxygen atoms in total. The SMILES string of the molecule is Cc1c(C(=O)NC2CCOCC2)cc(-c2ccc(-c3cnn(C(C)(C)C)c3)c(C(C)(C)C)c2)n1CC1CCCCC1. The number of carbonyl (C=O) groups is 1. The van der Waals surface area contributed by atoms with Gasteiger partial charge in [0, 0.05) is 48.9 Å². The number of hydrogen-bond acceptors (Lipinski definition) is 3. The van der Waals surface area contributed by atoms with E-state index >= 15 is 0 Å². The van der Waals surface area contributed by atoms with Crippen LogP contribution in [0.4, 0.5) is 0 Å². The molecule has 3 aromatic rings. The Balaban J connectivity index is 1.56. The van der Waals surface area contributed by atoms with E-state index in [-0.39, 0.29) is 22.9 Å². The topological polar surface area (TPSA) is 61.1 Å². The first-order valence-corrected chi connectivity index (χ1v) is 15.7. The fourth-order valence-electron chi connectivity index (χ4n) is 6.49. The maximum Gasteiger partial charge on any atom is 0.253 e. The maximum absolute atomic E-state index is 13.6. The molecule has 6 heteroatoms. The molecule has 222 valence electrons. The zero-order valence-electron chi connectivity index (χ0n) is 26.3. The number of nitrogens with zero attached hydrogens (tertiary/aromatic N) is 3. The van der Waals surface area contributed by atoms with E-state index in [9.17, 15) is 4.79 Å². The summed E-state index contributed by atoms with van der Waals surface area (Å²) in [4.78, 5) is 13.6. The van der Waals surface area contributed by atoms with E-state index in [1.807, 2.05) is 10.9 Å². The minimum Gasteiger partial charge on any atom is -0.381 e. The number of hydrogen-bond donors (Lipinski definition) is 1. The lowest BCUT2D eigenvalue weighted by atomic mass is 9.81. The Kier molecular flexibility index (Phi) is 8.52. The molecule has 2 aromatic heterocycles. The first-order chi connectivity index (χ1) is 19.4. The molecule has 1 aliphatic heterocycles. The number of nitrogens with one attached hydrogen (secondary N) is 1. The monoisotopic (exact) mass is 558 g/mol. The molecule has 5 rings (SSSR count). The van der Waals surface area contributed by atoms with Crippen LogP contribution < -0.4 is 5.32 Å². The third-order valence-corrected chi connectivity index (χ3v) is 9.04. The molecule has 1 saturated carbocycles. The van der Waals surface area contributed by atoms with Crippen LogP contribution in [0.2, 0.25) is 0 Å². The fraction of sp³-hybridized carbons (Fsp3) is 0.600. The Morgan fingerprint density at radius 3 is 2.32 bits per heavy atom. The summed E-state index contributed by atoms with van der Waals surface area (Å²) in [5, 5.41) is 8.00. The number of carbonyl (C=O) groups excluding carboxylic acids is 1. The second-order valence-corrected chi connectivity index (χ2v) is 14.4. The van der Waals surface area contributed by atoms with E-state index in [4.69, 9.17) is 4.74 Å². The van der Waals surface area contributed by atoms with Crippen LogP contribution in [-0.4, -0.2) is 39.5 Å². The summed E-state index contributed by atoms with van der Waals surface area (Å²) in [6.07, 6.45) is 12.4. The highest BCUT2D eigenvalue weighted by molar-refractivity contribution is 5.97. The standard InChI is InChI=1S/C35H50N4O2/c1-24-30(33(40)37-28-15-17-41-18-16-28)20-32(38(24)22-25-11-9-8-10-12-25)26-13-14-29(31(19-26)34(2,3)4)27-21-36-39(23-27)35(5,6)7/h13-14,19-21,23,25,28H,8-12,15-18,22H2,1-7H3,(H,37,40).